The second kappa shape index (κ2) is 4.55. The van der Waals surface area contributed by atoms with Crippen molar-refractivity contribution in [2.24, 2.45) is 0 Å². The Morgan fingerprint density at radius 3 is 3.05 bits per heavy atom. The Bertz CT molecular complexity index is 770. The molecule has 0 aliphatic heterocycles. The normalized spacial score (nSPS) is 10.3. The summed E-state index contributed by atoms with van der Waals surface area (Å²) in [5, 5.41) is 19.7. The smallest absolute Gasteiger partial charge is 0.262 e. The van der Waals surface area contributed by atoms with Gasteiger partial charge in [0.1, 0.15) is 11.8 Å². The summed E-state index contributed by atoms with van der Waals surface area (Å²) < 4.78 is 5.13. The number of rotatable bonds is 2. The number of halogens is 1. The van der Waals surface area contributed by atoms with E-state index in [9.17, 15) is 0 Å². The van der Waals surface area contributed by atoms with Crippen molar-refractivity contribution in [1.82, 2.24) is 20.3 Å². The first-order valence-corrected chi connectivity index (χ1v) is 5.69. The van der Waals surface area contributed by atoms with Gasteiger partial charge in [0.25, 0.3) is 5.89 Å². The lowest BCUT2D eigenvalue weighted by Gasteiger charge is -1.93. The average molecular weight is 272 g/mol. The number of aromatic nitrogens is 4. The van der Waals surface area contributed by atoms with E-state index in [2.05, 4.69) is 20.3 Å². The third kappa shape index (κ3) is 2.07. The van der Waals surface area contributed by atoms with Gasteiger partial charge in [-0.25, -0.2) is 0 Å². The molecule has 0 aliphatic carbocycles. The van der Waals surface area contributed by atoms with Crippen LogP contribution in [0.25, 0.3) is 22.8 Å². The first kappa shape index (κ1) is 11.4. The summed E-state index contributed by atoms with van der Waals surface area (Å²) in [5.41, 5.74) is 1.49. The van der Waals surface area contributed by atoms with Crippen LogP contribution in [0.1, 0.15) is 5.69 Å². The molecule has 3 rings (SSSR count). The Labute approximate surface area is 112 Å². The second-order valence-electron chi connectivity index (χ2n) is 3.70. The van der Waals surface area contributed by atoms with E-state index >= 15 is 0 Å². The molecule has 19 heavy (non-hydrogen) atoms. The Morgan fingerprint density at radius 1 is 1.37 bits per heavy atom. The molecule has 7 heteroatoms. The number of aromatic amines is 1. The highest BCUT2D eigenvalue weighted by molar-refractivity contribution is 6.30. The molecule has 0 bridgehead atoms. The van der Waals surface area contributed by atoms with E-state index in [-0.39, 0.29) is 11.6 Å². The number of benzene rings is 1. The first-order valence-electron chi connectivity index (χ1n) is 5.31. The number of nitriles is 1. The molecule has 2 heterocycles. The fraction of sp³-hybridized carbons (Fsp3) is 0. The number of H-pyrrole nitrogens is 1. The summed E-state index contributed by atoms with van der Waals surface area (Å²) in [6.07, 6.45) is 1.47. The van der Waals surface area contributed by atoms with Crippen molar-refractivity contribution < 1.29 is 4.52 Å². The molecule has 2 aromatic heterocycles. The van der Waals surface area contributed by atoms with Gasteiger partial charge in [-0.3, -0.25) is 5.10 Å². The summed E-state index contributed by atoms with van der Waals surface area (Å²) in [4.78, 5) is 4.23. The van der Waals surface area contributed by atoms with Crippen molar-refractivity contribution in [1.29, 1.82) is 5.26 Å². The predicted molar refractivity (Wildman–Crippen MR) is 67.0 cm³/mol. The van der Waals surface area contributed by atoms with E-state index in [1.165, 1.54) is 6.20 Å². The van der Waals surface area contributed by atoms with Crippen LogP contribution in [0, 0.1) is 11.3 Å². The molecule has 0 unspecified atom stereocenters. The molecule has 1 N–H and O–H groups in total. The highest BCUT2D eigenvalue weighted by Gasteiger charge is 2.15. The van der Waals surface area contributed by atoms with Gasteiger partial charge in [-0.1, -0.05) is 28.9 Å². The molecule has 3 aromatic rings. The zero-order chi connectivity index (χ0) is 13.2. The van der Waals surface area contributed by atoms with Gasteiger partial charge in [-0.05, 0) is 12.1 Å². The number of hydrogen-bond donors (Lipinski definition) is 1. The van der Waals surface area contributed by atoms with E-state index in [1.54, 1.807) is 18.2 Å². The van der Waals surface area contributed by atoms with Gasteiger partial charge in [-0.2, -0.15) is 15.3 Å². The van der Waals surface area contributed by atoms with E-state index in [0.29, 0.717) is 16.4 Å². The Balaban J connectivity index is 2.03. The quantitative estimate of drug-likeness (QED) is 0.773. The second-order valence-corrected chi connectivity index (χ2v) is 4.14. The molecular weight excluding hydrogens is 266 g/mol. The van der Waals surface area contributed by atoms with Gasteiger partial charge >= 0.3 is 0 Å². The maximum atomic E-state index is 8.90. The SMILES string of the molecule is N#Cc1[nH]ncc1-c1nc(-c2cccc(Cl)c2)no1. The predicted octanol–water partition coefficient (Wildman–Crippen LogP) is 2.65. The zero-order valence-corrected chi connectivity index (χ0v) is 10.2. The average Bonchev–Trinajstić information content (AvgIpc) is 3.07. The standard InChI is InChI=1S/C12H6ClN5O/c13-8-3-1-2-7(4-8)11-16-12(19-18-11)9-6-15-17-10(9)5-14/h1-4,6H,(H,15,17). The molecule has 0 amide bonds. The Morgan fingerprint density at radius 2 is 2.26 bits per heavy atom. The van der Waals surface area contributed by atoms with Crippen molar-refractivity contribution in [3.05, 3.63) is 41.2 Å². The van der Waals surface area contributed by atoms with Crippen molar-refractivity contribution in [2.75, 3.05) is 0 Å². The molecule has 0 saturated carbocycles. The molecule has 0 saturated heterocycles. The molecular formula is C12H6ClN5O. The van der Waals surface area contributed by atoms with Crippen molar-refractivity contribution >= 4 is 11.6 Å². The summed E-state index contributed by atoms with van der Waals surface area (Å²) in [6.45, 7) is 0. The first-order chi connectivity index (χ1) is 9.28. The van der Waals surface area contributed by atoms with Crippen molar-refractivity contribution in [3.63, 3.8) is 0 Å². The third-order valence-electron chi connectivity index (χ3n) is 2.49. The summed E-state index contributed by atoms with van der Waals surface area (Å²) >= 11 is 5.90. The van der Waals surface area contributed by atoms with E-state index in [1.807, 2.05) is 12.1 Å². The molecule has 6 nitrogen and oxygen atoms in total. The molecule has 0 spiro atoms. The largest absolute Gasteiger partial charge is 0.333 e. The minimum absolute atomic E-state index is 0.236. The highest BCUT2D eigenvalue weighted by atomic mass is 35.5. The van der Waals surface area contributed by atoms with Crippen LogP contribution in [0.2, 0.25) is 5.02 Å². The summed E-state index contributed by atoms with van der Waals surface area (Å²) in [6, 6.07) is 9.08. The van der Waals surface area contributed by atoms with Crippen LogP contribution in [0.5, 0.6) is 0 Å². The highest BCUT2D eigenvalue weighted by Crippen LogP contribution is 2.24. The lowest BCUT2D eigenvalue weighted by molar-refractivity contribution is 0.432. The van der Waals surface area contributed by atoms with Crippen LogP contribution in [0.15, 0.2) is 35.0 Å². The fourth-order valence-electron chi connectivity index (χ4n) is 1.61. The third-order valence-corrected chi connectivity index (χ3v) is 2.73. The maximum Gasteiger partial charge on any atom is 0.262 e. The van der Waals surface area contributed by atoms with Crippen LogP contribution >= 0.6 is 11.6 Å². The van der Waals surface area contributed by atoms with Gasteiger partial charge in [0.2, 0.25) is 5.82 Å². The van der Waals surface area contributed by atoms with Gasteiger partial charge in [0, 0.05) is 10.6 Å². The minimum Gasteiger partial charge on any atom is -0.333 e. The zero-order valence-electron chi connectivity index (χ0n) is 9.46. The molecule has 0 radical (unpaired) electrons. The molecule has 0 fully saturated rings. The summed E-state index contributed by atoms with van der Waals surface area (Å²) in [7, 11) is 0. The monoisotopic (exact) mass is 271 g/mol. The Hall–Kier alpha value is -2.65. The van der Waals surface area contributed by atoms with E-state index in [0.717, 1.165) is 5.56 Å². The lowest BCUT2D eigenvalue weighted by Crippen LogP contribution is -1.82. The molecule has 0 aliphatic rings. The van der Waals surface area contributed by atoms with E-state index in [4.69, 9.17) is 21.4 Å². The number of hydrogen-bond acceptors (Lipinski definition) is 5. The molecule has 1 aromatic carbocycles. The van der Waals surface area contributed by atoms with Crippen molar-refractivity contribution in [2.45, 2.75) is 0 Å². The van der Waals surface area contributed by atoms with Crippen LogP contribution in [-0.2, 0) is 0 Å². The van der Waals surface area contributed by atoms with Crippen LogP contribution in [0.4, 0.5) is 0 Å². The lowest BCUT2D eigenvalue weighted by atomic mass is 10.2. The molecule has 92 valence electrons. The van der Waals surface area contributed by atoms with Crippen LogP contribution in [0.3, 0.4) is 0 Å². The van der Waals surface area contributed by atoms with Gasteiger partial charge in [0.15, 0.2) is 0 Å². The van der Waals surface area contributed by atoms with Crippen LogP contribution in [-0.4, -0.2) is 20.3 Å². The van der Waals surface area contributed by atoms with Crippen LogP contribution < -0.4 is 0 Å². The minimum atomic E-state index is 0.236. The maximum absolute atomic E-state index is 8.90. The number of nitrogens with zero attached hydrogens (tertiary/aromatic N) is 4. The van der Waals surface area contributed by atoms with Gasteiger partial charge < -0.3 is 4.52 Å². The Kier molecular flexibility index (Phi) is 2.74. The molecule has 0 atom stereocenters. The number of nitrogens with one attached hydrogen (secondary N) is 1. The van der Waals surface area contributed by atoms with E-state index < -0.39 is 0 Å². The van der Waals surface area contributed by atoms with Crippen molar-refractivity contribution in [3.8, 4) is 28.9 Å². The topological polar surface area (TPSA) is 91.4 Å². The van der Waals surface area contributed by atoms with Gasteiger partial charge in [0.05, 0.1) is 11.8 Å². The fourth-order valence-corrected chi connectivity index (χ4v) is 1.80. The van der Waals surface area contributed by atoms with Gasteiger partial charge in [-0.15, -0.1) is 0 Å². The summed E-state index contributed by atoms with van der Waals surface area (Å²) in [5.74, 6) is 0.642.